The average molecular weight is 392 g/mol. The van der Waals surface area contributed by atoms with Gasteiger partial charge in [-0.25, -0.2) is 4.79 Å². The average Bonchev–Trinajstić information content (AvgIpc) is 3.29. The molecule has 2 aromatic heterocycles. The molecular weight excluding hydrogens is 368 g/mol. The fourth-order valence-corrected chi connectivity index (χ4v) is 3.48. The molecule has 0 unspecified atom stereocenters. The van der Waals surface area contributed by atoms with Gasteiger partial charge in [0.25, 0.3) is 0 Å². The van der Waals surface area contributed by atoms with Crippen molar-refractivity contribution in [2.24, 2.45) is 5.92 Å². The number of ether oxygens (including phenoxy) is 2. The highest BCUT2D eigenvalue weighted by Crippen LogP contribution is 2.26. The van der Waals surface area contributed by atoms with E-state index in [4.69, 9.17) is 14.0 Å². The van der Waals surface area contributed by atoms with E-state index in [0.717, 1.165) is 4.88 Å². The number of aromatic nitrogens is 1. The molecule has 7 nitrogen and oxygen atoms in total. The van der Waals surface area contributed by atoms with Gasteiger partial charge in [0.1, 0.15) is 17.9 Å². The van der Waals surface area contributed by atoms with E-state index < -0.39 is 5.60 Å². The van der Waals surface area contributed by atoms with Gasteiger partial charge in [-0.05, 0) is 45.1 Å². The fraction of sp³-hybridized carbons (Fsp3) is 0.526. The maximum Gasteiger partial charge on any atom is 0.410 e. The van der Waals surface area contributed by atoms with Gasteiger partial charge in [0.2, 0.25) is 0 Å². The number of esters is 1. The molecule has 0 bridgehead atoms. The molecule has 0 aliphatic carbocycles. The second-order valence-corrected chi connectivity index (χ2v) is 8.46. The van der Waals surface area contributed by atoms with Gasteiger partial charge in [0.15, 0.2) is 5.76 Å². The minimum absolute atomic E-state index is 0.0833. The number of hydrogen-bond acceptors (Lipinski definition) is 7. The Morgan fingerprint density at radius 3 is 2.70 bits per heavy atom. The Morgan fingerprint density at radius 1 is 1.33 bits per heavy atom. The Bertz CT molecular complexity index is 770. The molecule has 0 saturated carbocycles. The van der Waals surface area contributed by atoms with Crippen molar-refractivity contribution in [2.75, 3.05) is 13.1 Å². The maximum atomic E-state index is 12.3. The molecule has 27 heavy (non-hydrogen) atoms. The van der Waals surface area contributed by atoms with Crippen molar-refractivity contribution < 1.29 is 23.6 Å². The summed E-state index contributed by atoms with van der Waals surface area (Å²) >= 11 is 1.56. The molecule has 1 saturated heterocycles. The van der Waals surface area contributed by atoms with Gasteiger partial charge in [-0.2, -0.15) is 0 Å². The van der Waals surface area contributed by atoms with Crippen molar-refractivity contribution in [1.82, 2.24) is 10.1 Å². The van der Waals surface area contributed by atoms with Crippen molar-refractivity contribution in [3.63, 3.8) is 0 Å². The maximum absolute atomic E-state index is 12.3. The van der Waals surface area contributed by atoms with Gasteiger partial charge in [-0.3, -0.25) is 4.79 Å². The molecule has 0 aromatic carbocycles. The van der Waals surface area contributed by atoms with Gasteiger partial charge >= 0.3 is 12.1 Å². The highest BCUT2D eigenvalue weighted by atomic mass is 32.1. The monoisotopic (exact) mass is 392 g/mol. The van der Waals surface area contributed by atoms with E-state index in [1.54, 1.807) is 22.3 Å². The SMILES string of the molecule is CC(C)(C)OC(=O)N1CCC(C(=O)OCc2cc(-c3cccs3)on2)CC1. The van der Waals surface area contributed by atoms with E-state index in [2.05, 4.69) is 5.16 Å². The summed E-state index contributed by atoms with van der Waals surface area (Å²) < 4.78 is 16.0. The highest BCUT2D eigenvalue weighted by molar-refractivity contribution is 7.13. The summed E-state index contributed by atoms with van der Waals surface area (Å²) in [7, 11) is 0. The first kappa shape index (κ1) is 19.4. The lowest BCUT2D eigenvalue weighted by Crippen LogP contribution is -2.43. The van der Waals surface area contributed by atoms with Crippen LogP contribution in [0.3, 0.4) is 0 Å². The Hall–Kier alpha value is -2.35. The van der Waals surface area contributed by atoms with Crippen LogP contribution in [0.1, 0.15) is 39.3 Å². The molecule has 146 valence electrons. The quantitative estimate of drug-likeness (QED) is 0.729. The Kier molecular flexibility index (Phi) is 5.84. The summed E-state index contributed by atoms with van der Waals surface area (Å²) in [6, 6.07) is 5.66. The third kappa shape index (κ3) is 5.32. The molecule has 3 rings (SSSR count). The zero-order valence-electron chi connectivity index (χ0n) is 15.8. The number of amides is 1. The lowest BCUT2D eigenvalue weighted by molar-refractivity contribution is -0.151. The van der Waals surface area contributed by atoms with E-state index >= 15 is 0 Å². The predicted octanol–water partition coefficient (Wildman–Crippen LogP) is 4.09. The molecule has 2 aromatic rings. The molecule has 0 spiro atoms. The third-order valence-corrected chi connectivity index (χ3v) is 5.05. The van der Waals surface area contributed by atoms with Crippen molar-refractivity contribution in [3.05, 3.63) is 29.3 Å². The number of likely N-dealkylation sites (tertiary alicyclic amines) is 1. The molecule has 3 heterocycles. The van der Waals surface area contributed by atoms with E-state index in [9.17, 15) is 9.59 Å². The smallest absolute Gasteiger partial charge is 0.410 e. The van der Waals surface area contributed by atoms with E-state index in [1.165, 1.54) is 0 Å². The number of thiophene rings is 1. The summed E-state index contributed by atoms with van der Waals surface area (Å²) in [6.45, 7) is 6.57. The lowest BCUT2D eigenvalue weighted by atomic mass is 9.97. The molecule has 1 fully saturated rings. The first-order chi connectivity index (χ1) is 12.8. The zero-order chi connectivity index (χ0) is 19.4. The van der Waals surface area contributed by atoms with Crippen LogP contribution in [0.4, 0.5) is 4.79 Å². The number of hydrogen-bond donors (Lipinski definition) is 0. The number of piperidine rings is 1. The van der Waals surface area contributed by atoms with E-state index in [0.29, 0.717) is 37.4 Å². The van der Waals surface area contributed by atoms with Gasteiger partial charge < -0.3 is 18.9 Å². The topological polar surface area (TPSA) is 81.9 Å². The number of rotatable bonds is 4. The zero-order valence-corrected chi connectivity index (χ0v) is 16.6. The molecule has 0 atom stereocenters. The Labute approximate surface area is 162 Å². The van der Waals surface area contributed by atoms with Crippen molar-refractivity contribution >= 4 is 23.4 Å². The van der Waals surface area contributed by atoms with Crippen LogP contribution in [0, 0.1) is 5.92 Å². The number of nitrogens with zero attached hydrogens (tertiary/aromatic N) is 2. The molecular formula is C19H24N2O5S. The van der Waals surface area contributed by atoms with Crippen LogP contribution in [0.15, 0.2) is 28.1 Å². The molecule has 0 radical (unpaired) electrons. The van der Waals surface area contributed by atoms with Gasteiger partial charge in [-0.15, -0.1) is 11.3 Å². The summed E-state index contributed by atoms with van der Waals surface area (Å²) in [4.78, 5) is 27.0. The molecule has 0 N–H and O–H groups in total. The highest BCUT2D eigenvalue weighted by Gasteiger charge is 2.30. The minimum Gasteiger partial charge on any atom is -0.459 e. The second kappa shape index (κ2) is 8.12. The van der Waals surface area contributed by atoms with Crippen molar-refractivity contribution in [1.29, 1.82) is 0 Å². The fourth-order valence-electron chi connectivity index (χ4n) is 2.80. The van der Waals surface area contributed by atoms with Crippen LogP contribution in [-0.4, -0.2) is 40.8 Å². The second-order valence-electron chi connectivity index (χ2n) is 7.51. The number of carbonyl (C=O) groups excluding carboxylic acids is 2. The largest absolute Gasteiger partial charge is 0.459 e. The van der Waals surface area contributed by atoms with Crippen LogP contribution in [0.2, 0.25) is 0 Å². The summed E-state index contributed by atoms with van der Waals surface area (Å²) in [5, 5.41) is 5.90. The van der Waals surface area contributed by atoms with E-state index in [1.807, 2.05) is 38.3 Å². The van der Waals surface area contributed by atoms with Crippen molar-refractivity contribution in [2.45, 2.75) is 45.8 Å². The predicted molar refractivity (Wildman–Crippen MR) is 100 cm³/mol. The lowest BCUT2D eigenvalue weighted by Gasteiger charge is -2.32. The molecule has 8 heteroatoms. The van der Waals surface area contributed by atoms with Gasteiger partial charge in [0.05, 0.1) is 10.8 Å². The minimum atomic E-state index is -0.521. The Morgan fingerprint density at radius 2 is 2.07 bits per heavy atom. The molecule has 1 aliphatic heterocycles. The number of carbonyl (C=O) groups is 2. The summed E-state index contributed by atoms with van der Waals surface area (Å²) in [6.07, 6.45) is 0.798. The molecule has 1 aliphatic rings. The van der Waals surface area contributed by atoms with Gasteiger partial charge in [0, 0.05) is 19.2 Å². The van der Waals surface area contributed by atoms with E-state index in [-0.39, 0.29) is 24.6 Å². The summed E-state index contributed by atoms with van der Waals surface area (Å²) in [5.41, 5.74) is 0.0600. The van der Waals surface area contributed by atoms with Crippen LogP contribution in [0.5, 0.6) is 0 Å². The van der Waals surface area contributed by atoms with Crippen LogP contribution >= 0.6 is 11.3 Å². The Balaban J connectivity index is 1.44. The third-order valence-electron chi connectivity index (χ3n) is 4.17. The standard InChI is InChI=1S/C19H24N2O5S/c1-19(2,3)25-18(23)21-8-6-13(7-9-21)17(22)24-12-14-11-15(26-20-14)16-5-4-10-27-16/h4-5,10-11,13H,6-9,12H2,1-3H3. The van der Waals surface area contributed by atoms with Crippen LogP contribution in [0.25, 0.3) is 10.6 Å². The molecule has 1 amide bonds. The normalized spacial score (nSPS) is 15.6. The summed E-state index contributed by atoms with van der Waals surface area (Å²) in [5.74, 6) is 0.189. The van der Waals surface area contributed by atoms with Crippen LogP contribution < -0.4 is 0 Å². The first-order valence-electron chi connectivity index (χ1n) is 8.96. The van der Waals surface area contributed by atoms with Crippen LogP contribution in [-0.2, 0) is 20.9 Å². The van der Waals surface area contributed by atoms with Gasteiger partial charge in [-0.1, -0.05) is 11.2 Å². The first-order valence-corrected chi connectivity index (χ1v) is 9.84. The van der Waals surface area contributed by atoms with Crippen molar-refractivity contribution in [3.8, 4) is 10.6 Å².